The van der Waals surface area contributed by atoms with Crippen molar-refractivity contribution in [1.82, 2.24) is 5.32 Å². The summed E-state index contributed by atoms with van der Waals surface area (Å²) in [5.74, 6) is 2.25. The predicted octanol–water partition coefficient (Wildman–Crippen LogP) is 2.00. The van der Waals surface area contributed by atoms with Crippen LogP contribution in [0.1, 0.15) is 27.2 Å². The summed E-state index contributed by atoms with van der Waals surface area (Å²) < 4.78 is 0. The quantitative estimate of drug-likeness (QED) is 0.513. The zero-order valence-electron chi connectivity index (χ0n) is 8.80. The van der Waals surface area contributed by atoms with Crippen LogP contribution in [0.25, 0.3) is 0 Å². The van der Waals surface area contributed by atoms with Gasteiger partial charge in [-0.2, -0.15) is 0 Å². The van der Waals surface area contributed by atoms with Crippen LogP contribution in [0.3, 0.4) is 0 Å². The molecule has 0 unspecified atom stereocenters. The second-order valence-electron chi connectivity index (χ2n) is 2.32. The van der Waals surface area contributed by atoms with Gasteiger partial charge in [-0.1, -0.05) is 13.0 Å². The van der Waals surface area contributed by atoms with Crippen molar-refractivity contribution in [1.29, 1.82) is 0 Å². The van der Waals surface area contributed by atoms with E-state index in [2.05, 4.69) is 24.6 Å². The molecule has 13 heavy (non-hydrogen) atoms. The fraction of sp³-hybridized carbons (Fsp3) is 0.455. The van der Waals surface area contributed by atoms with E-state index < -0.39 is 0 Å². The third-order valence-electron chi connectivity index (χ3n) is 1.17. The van der Waals surface area contributed by atoms with Crippen molar-refractivity contribution in [3.8, 4) is 12.3 Å². The van der Waals surface area contributed by atoms with E-state index in [1.54, 1.807) is 6.92 Å². The van der Waals surface area contributed by atoms with Crippen LogP contribution in [0, 0.1) is 12.3 Å². The number of nitrogens with two attached hydrogens (primary N) is 1. The molecule has 74 valence electrons. The minimum Gasteiger partial charge on any atom is -0.405 e. The molecule has 0 aliphatic rings. The standard InChI is InChI=1S/C8H16N2.C3H4/c1-3-7-10-8(4-2)5-6-9;1-3-2/h4-6,10H,3,7,9H2,1-2H3;1H,2H3/b6-5-,8-4+;. The molecule has 0 heterocycles. The molecule has 0 aliphatic heterocycles. The highest BCUT2D eigenvalue weighted by Crippen LogP contribution is 1.89. The second-order valence-corrected chi connectivity index (χ2v) is 2.32. The Labute approximate surface area is 81.9 Å². The average molecular weight is 180 g/mol. The molecule has 0 atom stereocenters. The molecule has 0 aromatic heterocycles. The van der Waals surface area contributed by atoms with Gasteiger partial charge in [0.1, 0.15) is 0 Å². The van der Waals surface area contributed by atoms with Crippen LogP contribution in [0.5, 0.6) is 0 Å². The molecule has 0 aliphatic carbocycles. The first-order valence-electron chi connectivity index (χ1n) is 4.42. The Morgan fingerprint density at radius 1 is 1.62 bits per heavy atom. The summed E-state index contributed by atoms with van der Waals surface area (Å²) in [6, 6.07) is 0. The number of hydrogen-bond donors (Lipinski definition) is 2. The Hall–Kier alpha value is -1.36. The van der Waals surface area contributed by atoms with Crippen LogP contribution in [-0.4, -0.2) is 6.54 Å². The number of allylic oxidation sites excluding steroid dienone is 2. The first-order valence-corrected chi connectivity index (χ1v) is 4.42. The van der Waals surface area contributed by atoms with Crippen LogP contribution in [0.4, 0.5) is 0 Å². The van der Waals surface area contributed by atoms with E-state index in [1.165, 1.54) is 6.20 Å². The van der Waals surface area contributed by atoms with Gasteiger partial charge in [0.25, 0.3) is 0 Å². The molecule has 0 aromatic carbocycles. The van der Waals surface area contributed by atoms with Crippen LogP contribution in [0.15, 0.2) is 24.0 Å². The molecule has 0 radical (unpaired) electrons. The van der Waals surface area contributed by atoms with Gasteiger partial charge in [0.2, 0.25) is 0 Å². The molecule has 0 rings (SSSR count). The highest BCUT2D eigenvalue weighted by atomic mass is 14.9. The topological polar surface area (TPSA) is 38.0 Å². The maximum absolute atomic E-state index is 5.22. The van der Waals surface area contributed by atoms with Crippen molar-refractivity contribution < 1.29 is 0 Å². The lowest BCUT2D eigenvalue weighted by molar-refractivity contribution is 0.783. The smallest absolute Gasteiger partial charge is 0.0311 e. The largest absolute Gasteiger partial charge is 0.405 e. The van der Waals surface area contributed by atoms with E-state index in [0.29, 0.717) is 0 Å². The first kappa shape index (κ1) is 14.2. The van der Waals surface area contributed by atoms with Gasteiger partial charge in [-0.05, 0) is 32.5 Å². The molecule has 0 saturated heterocycles. The van der Waals surface area contributed by atoms with Crippen LogP contribution >= 0.6 is 0 Å². The summed E-state index contributed by atoms with van der Waals surface area (Å²) in [6.07, 6.45) is 11.1. The molecule has 0 fully saturated rings. The molecule has 2 heteroatoms. The Bertz CT molecular complexity index is 185. The van der Waals surface area contributed by atoms with Crippen LogP contribution in [0.2, 0.25) is 0 Å². The van der Waals surface area contributed by atoms with Crippen LogP contribution in [-0.2, 0) is 0 Å². The van der Waals surface area contributed by atoms with E-state index in [-0.39, 0.29) is 0 Å². The van der Waals surface area contributed by atoms with Gasteiger partial charge in [0, 0.05) is 12.2 Å². The predicted molar refractivity (Wildman–Crippen MR) is 59.9 cm³/mol. The van der Waals surface area contributed by atoms with Gasteiger partial charge >= 0.3 is 0 Å². The fourth-order valence-electron chi connectivity index (χ4n) is 0.630. The second kappa shape index (κ2) is 13.2. The molecular formula is C11H20N2. The van der Waals surface area contributed by atoms with Crippen molar-refractivity contribution >= 4 is 0 Å². The lowest BCUT2D eigenvalue weighted by Gasteiger charge is -2.02. The monoisotopic (exact) mass is 180 g/mol. The summed E-state index contributed by atoms with van der Waals surface area (Å²) in [6.45, 7) is 6.77. The maximum Gasteiger partial charge on any atom is 0.0311 e. The normalized spacial score (nSPS) is 10.2. The fourth-order valence-corrected chi connectivity index (χ4v) is 0.630. The summed E-state index contributed by atoms with van der Waals surface area (Å²) in [7, 11) is 0. The van der Waals surface area contributed by atoms with E-state index in [9.17, 15) is 0 Å². The Morgan fingerprint density at radius 3 is 2.46 bits per heavy atom. The molecule has 0 amide bonds. The van der Waals surface area contributed by atoms with Gasteiger partial charge in [0.05, 0.1) is 0 Å². The zero-order valence-corrected chi connectivity index (χ0v) is 8.80. The Morgan fingerprint density at radius 2 is 2.15 bits per heavy atom. The van der Waals surface area contributed by atoms with E-state index in [4.69, 9.17) is 5.73 Å². The van der Waals surface area contributed by atoms with Gasteiger partial charge in [-0.3, -0.25) is 0 Å². The van der Waals surface area contributed by atoms with Crippen molar-refractivity contribution in [2.75, 3.05) is 6.54 Å². The highest BCUT2D eigenvalue weighted by Gasteiger charge is 1.84. The molecule has 0 aromatic rings. The molecule has 0 spiro atoms. The van der Waals surface area contributed by atoms with E-state index >= 15 is 0 Å². The number of nitrogens with one attached hydrogen (secondary N) is 1. The van der Waals surface area contributed by atoms with Gasteiger partial charge in [0.15, 0.2) is 0 Å². The van der Waals surface area contributed by atoms with Crippen molar-refractivity contribution in [2.45, 2.75) is 27.2 Å². The van der Waals surface area contributed by atoms with Crippen molar-refractivity contribution in [3.63, 3.8) is 0 Å². The third kappa shape index (κ3) is 13.6. The van der Waals surface area contributed by atoms with E-state index in [1.807, 2.05) is 19.1 Å². The number of hydrogen-bond acceptors (Lipinski definition) is 2. The molecule has 2 nitrogen and oxygen atoms in total. The molecular weight excluding hydrogens is 160 g/mol. The lowest BCUT2D eigenvalue weighted by atomic mass is 10.3. The first-order chi connectivity index (χ1) is 6.26. The summed E-state index contributed by atoms with van der Waals surface area (Å²) >= 11 is 0. The number of terminal acetylenes is 1. The third-order valence-corrected chi connectivity index (χ3v) is 1.17. The SMILES string of the molecule is C#CC.C/C=C(\C=C/N)NCCC. The van der Waals surface area contributed by atoms with Crippen molar-refractivity contribution in [3.05, 3.63) is 24.0 Å². The summed E-state index contributed by atoms with van der Waals surface area (Å²) in [4.78, 5) is 0. The maximum atomic E-state index is 5.22. The zero-order chi connectivity index (χ0) is 10.5. The Balaban J connectivity index is 0. The summed E-state index contributed by atoms with van der Waals surface area (Å²) in [5.41, 5.74) is 6.30. The van der Waals surface area contributed by atoms with E-state index in [0.717, 1.165) is 18.7 Å². The highest BCUT2D eigenvalue weighted by molar-refractivity contribution is 5.14. The van der Waals surface area contributed by atoms with Crippen molar-refractivity contribution in [2.24, 2.45) is 5.73 Å². The lowest BCUT2D eigenvalue weighted by Crippen LogP contribution is -2.12. The average Bonchev–Trinajstić information content (AvgIpc) is 2.13. The van der Waals surface area contributed by atoms with Gasteiger partial charge in [-0.25, -0.2) is 0 Å². The molecule has 0 bridgehead atoms. The minimum absolute atomic E-state index is 1.00. The molecule has 0 saturated carbocycles. The number of rotatable bonds is 4. The Kier molecular flexibility index (Phi) is 14.4. The summed E-state index contributed by atoms with van der Waals surface area (Å²) in [5, 5.41) is 3.21. The van der Waals surface area contributed by atoms with Gasteiger partial charge < -0.3 is 11.1 Å². The minimum atomic E-state index is 1.00. The molecule has 3 N–H and O–H groups in total. The van der Waals surface area contributed by atoms with Gasteiger partial charge in [-0.15, -0.1) is 12.3 Å². The van der Waals surface area contributed by atoms with Crippen LogP contribution < -0.4 is 11.1 Å².